The molecule has 4 heterocycles. The predicted octanol–water partition coefficient (Wildman–Crippen LogP) is 4.84. The Hall–Kier alpha value is -3.00. The molecule has 216 valence electrons. The van der Waals surface area contributed by atoms with Crippen LogP contribution in [-0.4, -0.2) is 72.1 Å². The van der Waals surface area contributed by atoms with Gasteiger partial charge in [-0.15, -0.1) is 16.9 Å². The number of piperazine rings is 1. The molecule has 0 radical (unpaired) electrons. The van der Waals surface area contributed by atoms with Crippen molar-refractivity contribution in [3.05, 3.63) is 39.5 Å². The van der Waals surface area contributed by atoms with Gasteiger partial charge in [0.05, 0.1) is 51.9 Å². The number of anilines is 1. The number of halogens is 4. The first kappa shape index (κ1) is 28.5. The lowest BCUT2D eigenvalue weighted by molar-refractivity contribution is -0.137. The summed E-state index contributed by atoms with van der Waals surface area (Å²) in [5, 5.41) is 7.56. The number of carbonyl (C=O) groups is 1. The molecule has 2 aliphatic heterocycles. The van der Waals surface area contributed by atoms with Crippen LogP contribution in [-0.2, 0) is 17.5 Å². The Bertz CT molecular complexity index is 1490. The van der Waals surface area contributed by atoms with Crippen molar-refractivity contribution in [1.82, 2.24) is 29.4 Å². The van der Waals surface area contributed by atoms with Crippen LogP contribution in [0.4, 0.5) is 23.8 Å². The fraction of sp³-hybridized carbons (Fsp3) is 0.560. The van der Waals surface area contributed by atoms with E-state index in [-0.39, 0.29) is 53.9 Å². The van der Waals surface area contributed by atoms with Gasteiger partial charge in [0.25, 0.3) is 0 Å². The summed E-state index contributed by atoms with van der Waals surface area (Å²) >= 11 is 7.53. The highest BCUT2D eigenvalue weighted by Gasteiger charge is 2.40. The fourth-order valence-corrected chi connectivity index (χ4v) is 6.93. The molecule has 1 fully saturated rings. The molecule has 2 aromatic heterocycles. The Morgan fingerprint density at radius 2 is 1.82 bits per heavy atom. The second-order valence-electron chi connectivity index (χ2n) is 11.1. The van der Waals surface area contributed by atoms with E-state index in [0.29, 0.717) is 11.3 Å². The van der Waals surface area contributed by atoms with Gasteiger partial charge >= 0.3 is 18.0 Å². The number of carbonyl (C=O) groups excluding carboxylic acids is 1. The first-order chi connectivity index (χ1) is 18.7. The average Bonchev–Trinajstić information content (AvgIpc) is 3.28. The lowest BCUT2D eigenvalue weighted by atomic mass is 10.1. The Morgan fingerprint density at radius 3 is 2.40 bits per heavy atom. The highest BCUT2D eigenvalue weighted by molar-refractivity contribution is 7.99. The largest absolute Gasteiger partial charge is 0.444 e. The third-order valence-corrected chi connectivity index (χ3v) is 8.64. The van der Waals surface area contributed by atoms with E-state index >= 15 is 0 Å². The van der Waals surface area contributed by atoms with E-state index in [1.54, 1.807) is 41.4 Å². The lowest BCUT2D eigenvalue weighted by Crippen LogP contribution is -2.59. The number of rotatable bonds is 2. The molecular weight excluding hydrogens is 571 g/mol. The van der Waals surface area contributed by atoms with Crippen molar-refractivity contribution in [1.29, 1.82) is 0 Å². The second kappa shape index (κ2) is 10.1. The number of hydrogen-bond donors (Lipinski definition) is 0. The van der Waals surface area contributed by atoms with Crippen molar-refractivity contribution < 1.29 is 22.7 Å². The predicted molar refractivity (Wildman–Crippen MR) is 145 cm³/mol. The van der Waals surface area contributed by atoms with Gasteiger partial charge in [0, 0.05) is 30.4 Å². The Morgan fingerprint density at radius 1 is 1.15 bits per heavy atom. The summed E-state index contributed by atoms with van der Waals surface area (Å²) in [5.41, 5.74) is -1.99. The molecule has 5 rings (SSSR count). The van der Waals surface area contributed by atoms with Gasteiger partial charge in [0.15, 0.2) is 0 Å². The second-order valence-corrected chi connectivity index (χ2v) is 12.5. The molecule has 10 nitrogen and oxygen atoms in total. The van der Waals surface area contributed by atoms with Crippen LogP contribution in [0.1, 0.15) is 46.2 Å². The van der Waals surface area contributed by atoms with Gasteiger partial charge in [-0.1, -0.05) is 16.8 Å². The monoisotopic (exact) mass is 599 g/mol. The maximum absolute atomic E-state index is 14.2. The number of nitrogens with zero attached hydrogens (tertiary/aromatic N) is 7. The summed E-state index contributed by atoms with van der Waals surface area (Å²) in [4.78, 5) is 34.2. The Kier molecular flexibility index (Phi) is 7.22. The zero-order valence-corrected chi connectivity index (χ0v) is 24.1. The number of alkyl halides is 3. The van der Waals surface area contributed by atoms with E-state index in [0.717, 1.165) is 17.8 Å². The summed E-state index contributed by atoms with van der Waals surface area (Å²) in [6.07, 6.45) is -2.07. The van der Waals surface area contributed by atoms with Gasteiger partial charge in [-0.25, -0.2) is 14.3 Å². The molecule has 3 aromatic rings. The number of benzene rings is 1. The van der Waals surface area contributed by atoms with Gasteiger partial charge in [-0.2, -0.15) is 18.2 Å². The van der Waals surface area contributed by atoms with E-state index in [1.807, 2.05) is 13.8 Å². The zero-order chi connectivity index (χ0) is 29.1. The first-order valence-corrected chi connectivity index (χ1v) is 14.1. The van der Waals surface area contributed by atoms with Gasteiger partial charge in [-0.05, 0) is 40.7 Å². The van der Waals surface area contributed by atoms with Crippen molar-refractivity contribution in [2.75, 3.05) is 23.7 Å². The Labute approximate surface area is 237 Å². The smallest absolute Gasteiger partial charge is 0.417 e. The highest BCUT2D eigenvalue weighted by atomic mass is 35.5. The summed E-state index contributed by atoms with van der Waals surface area (Å²) < 4.78 is 51.1. The molecule has 0 unspecified atom stereocenters. The van der Waals surface area contributed by atoms with Gasteiger partial charge in [0.1, 0.15) is 11.4 Å². The Balaban J connectivity index is 1.63. The third-order valence-electron chi connectivity index (χ3n) is 6.89. The highest BCUT2D eigenvalue weighted by Crippen LogP contribution is 2.47. The molecule has 0 bridgehead atoms. The molecule has 1 amide bonds. The van der Waals surface area contributed by atoms with Crippen LogP contribution < -0.4 is 10.6 Å². The number of aromatic nitrogens is 5. The van der Waals surface area contributed by atoms with E-state index in [1.165, 1.54) is 10.8 Å². The number of hydrogen-bond acceptors (Lipinski definition) is 8. The molecule has 1 saturated heterocycles. The van der Waals surface area contributed by atoms with Crippen LogP contribution in [0.2, 0.25) is 5.02 Å². The van der Waals surface area contributed by atoms with Gasteiger partial charge < -0.3 is 9.64 Å². The summed E-state index contributed by atoms with van der Waals surface area (Å²) in [6, 6.07) is -0.121. The van der Waals surface area contributed by atoms with E-state index in [2.05, 4.69) is 15.3 Å². The van der Waals surface area contributed by atoms with Crippen LogP contribution in [0, 0.1) is 0 Å². The summed E-state index contributed by atoms with van der Waals surface area (Å²) in [6.45, 7) is 9.60. The standard InChI is InChI=1S/C25H29ClF3N7O3S/c1-13-9-33(10-14(2)36(13)23(38)39-24(3,4)5)21-16-8-17(25(27,28)29)18(26)20-19(16)34(22(37)31-21)11-15(12-40-20)35-7-6-30-32-35/h6-8,13-15H,9-12H2,1-5H3/t13-,14+,15-/m0/s1. The molecule has 2 aliphatic rings. The number of thioether (sulfide) groups is 1. The topological polar surface area (TPSA) is 98.4 Å². The quantitative estimate of drug-likeness (QED) is 0.413. The van der Waals surface area contributed by atoms with Crippen molar-refractivity contribution in [3.63, 3.8) is 0 Å². The van der Waals surface area contributed by atoms with Crippen LogP contribution in [0.5, 0.6) is 0 Å². The maximum Gasteiger partial charge on any atom is 0.417 e. The van der Waals surface area contributed by atoms with Crippen LogP contribution in [0.15, 0.2) is 28.2 Å². The van der Waals surface area contributed by atoms with Gasteiger partial charge in [-0.3, -0.25) is 9.47 Å². The van der Waals surface area contributed by atoms with Crippen molar-refractivity contribution >= 4 is 46.2 Å². The van der Waals surface area contributed by atoms with Crippen molar-refractivity contribution in [3.8, 4) is 0 Å². The summed E-state index contributed by atoms with van der Waals surface area (Å²) in [5.74, 6) is 0.445. The van der Waals surface area contributed by atoms with E-state index in [9.17, 15) is 22.8 Å². The van der Waals surface area contributed by atoms with Crippen LogP contribution in [0.25, 0.3) is 10.9 Å². The lowest BCUT2D eigenvalue weighted by Gasteiger charge is -2.45. The SMILES string of the molecule is C[C@@H]1CN(c2nc(=O)n3c4c(c(Cl)c(C(F)(F)F)cc24)SC[C@@H](n2ccnn2)C3)C[C@H](C)N1C(=O)OC(C)(C)C. The zero-order valence-electron chi connectivity index (χ0n) is 22.6. The molecular formula is C25H29ClF3N7O3S. The third kappa shape index (κ3) is 5.22. The molecule has 0 spiro atoms. The number of ether oxygens (including phenoxy) is 1. The molecule has 0 aliphatic carbocycles. The number of amides is 1. The first-order valence-electron chi connectivity index (χ1n) is 12.7. The molecule has 0 N–H and O–H groups in total. The molecule has 1 aromatic carbocycles. The minimum atomic E-state index is -4.73. The summed E-state index contributed by atoms with van der Waals surface area (Å²) in [7, 11) is 0. The van der Waals surface area contributed by atoms with Crippen LogP contribution >= 0.6 is 23.4 Å². The van der Waals surface area contributed by atoms with Gasteiger partial charge in [0.2, 0.25) is 0 Å². The molecule has 0 saturated carbocycles. The fourth-order valence-electron chi connectivity index (χ4n) is 5.30. The van der Waals surface area contributed by atoms with Crippen molar-refractivity contribution in [2.45, 2.75) is 76.0 Å². The molecule has 3 atom stereocenters. The molecule has 15 heteroatoms. The van der Waals surface area contributed by atoms with E-state index < -0.39 is 34.1 Å². The molecule has 40 heavy (non-hydrogen) atoms. The maximum atomic E-state index is 14.2. The minimum Gasteiger partial charge on any atom is -0.444 e. The minimum absolute atomic E-state index is 0.127. The van der Waals surface area contributed by atoms with E-state index in [4.69, 9.17) is 16.3 Å². The normalized spacial score (nSPS) is 22.0. The van der Waals surface area contributed by atoms with Crippen molar-refractivity contribution in [2.24, 2.45) is 0 Å². The van der Waals surface area contributed by atoms with Crippen LogP contribution in [0.3, 0.4) is 0 Å². The average molecular weight is 600 g/mol.